The lowest BCUT2D eigenvalue weighted by atomic mass is 10.2. The first-order chi connectivity index (χ1) is 9.37. The molecule has 1 rings (SSSR count). The van der Waals surface area contributed by atoms with E-state index in [9.17, 15) is 18.0 Å². The Morgan fingerprint density at radius 2 is 2.10 bits per heavy atom. The smallest absolute Gasteiger partial charge is 0.405 e. The standard InChI is InChI=1S/C12H15F3N2O3/c1-19-9-4-2-3-8(5-16)11(9)20-6-10(18)17-7-12(13,14)15/h2-4H,5-7,16H2,1H3,(H,17,18). The van der Waals surface area contributed by atoms with Gasteiger partial charge in [-0.2, -0.15) is 13.2 Å². The summed E-state index contributed by atoms with van der Waals surface area (Å²) in [7, 11) is 1.41. The van der Waals surface area contributed by atoms with E-state index in [1.165, 1.54) is 7.11 Å². The average Bonchev–Trinajstić information content (AvgIpc) is 2.41. The fraction of sp³-hybridized carbons (Fsp3) is 0.417. The number of halogens is 3. The molecule has 0 saturated carbocycles. The molecule has 8 heteroatoms. The molecular weight excluding hydrogens is 277 g/mol. The van der Waals surface area contributed by atoms with Crippen LogP contribution in [0.15, 0.2) is 18.2 Å². The van der Waals surface area contributed by atoms with Gasteiger partial charge in [-0.3, -0.25) is 4.79 Å². The molecule has 1 amide bonds. The van der Waals surface area contributed by atoms with Crippen molar-refractivity contribution in [3.05, 3.63) is 23.8 Å². The van der Waals surface area contributed by atoms with Crippen molar-refractivity contribution in [1.29, 1.82) is 0 Å². The van der Waals surface area contributed by atoms with Crippen LogP contribution in [-0.4, -0.2) is 32.3 Å². The van der Waals surface area contributed by atoms with E-state index in [1.54, 1.807) is 23.5 Å². The van der Waals surface area contributed by atoms with E-state index in [4.69, 9.17) is 15.2 Å². The molecule has 0 fully saturated rings. The topological polar surface area (TPSA) is 73.6 Å². The van der Waals surface area contributed by atoms with E-state index >= 15 is 0 Å². The summed E-state index contributed by atoms with van der Waals surface area (Å²) in [5.41, 5.74) is 6.10. The van der Waals surface area contributed by atoms with Crippen LogP contribution in [0.3, 0.4) is 0 Å². The molecule has 0 unspecified atom stereocenters. The molecule has 3 N–H and O–H groups in total. The highest BCUT2D eigenvalue weighted by Crippen LogP contribution is 2.30. The first kappa shape index (κ1) is 16.1. The normalized spacial score (nSPS) is 11.1. The molecule has 0 aliphatic heterocycles. The second kappa shape index (κ2) is 6.99. The average molecular weight is 292 g/mol. The quantitative estimate of drug-likeness (QED) is 0.826. The highest BCUT2D eigenvalue weighted by molar-refractivity contribution is 5.77. The summed E-state index contributed by atoms with van der Waals surface area (Å²) in [6.07, 6.45) is -4.46. The number of para-hydroxylation sites is 1. The molecule has 0 aliphatic carbocycles. The molecule has 5 nitrogen and oxygen atoms in total. The van der Waals surface area contributed by atoms with Gasteiger partial charge in [0.05, 0.1) is 7.11 Å². The van der Waals surface area contributed by atoms with E-state index in [-0.39, 0.29) is 12.3 Å². The van der Waals surface area contributed by atoms with Gasteiger partial charge < -0.3 is 20.5 Å². The minimum Gasteiger partial charge on any atom is -0.493 e. The third kappa shape index (κ3) is 4.96. The number of ether oxygens (including phenoxy) is 2. The van der Waals surface area contributed by atoms with Crippen molar-refractivity contribution in [3.8, 4) is 11.5 Å². The molecule has 0 aromatic heterocycles. The first-order valence-corrected chi connectivity index (χ1v) is 5.69. The summed E-state index contributed by atoms with van der Waals surface area (Å²) in [5, 5.41) is 1.71. The molecule has 0 bridgehead atoms. The van der Waals surface area contributed by atoms with Crippen LogP contribution in [0, 0.1) is 0 Å². The third-order valence-electron chi connectivity index (χ3n) is 2.33. The maximum atomic E-state index is 11.9. The van der Waals surface area contributed by atoms with Gasteiger partial charge in [-0.25, -0.2) is 0 Å². The van der Waals surface area contributed by atoms with E-state index in [2.05, 4.69) is 0 Å². The maximum absolute atomic E-state index is 11.9. The van der Waals surface area contributed by atoms with Crippen LogP contribution in [0.2, 0.25) is 0 Å². The minimum atomic E-state index is -4.46. The number of methoxy groups -OCH3 is 1. The fourth-order valence-electron chi connectivity index (χ4n) is 1.43. The largest absolute Gasteiger partial charge is 0.493 e. The van der Waals surface area contributed by atoms with Crippen molar-refractivity contribution < 1.29 is 27.4 Å². The van der Waals surface area contributed by atoms with Crippen LogP contribution in [-0.2, 0) is 11.3 Å². The maximum Gasteiger partial charge on any atom is 0.405 e. The summed E-state index contributed by atoms with van der Waals surface area (Å²) in [6, 6.07) is 4.96. The summed E-state index contributed by atoms with van der Waals surface area (Å²) in [4.78, 5) is 11.3. The molecule has 1 aromatic carbocycles. The van der Waals surface area contributed by atoms with Gasteiger partial charge in [0.25, 0.3) is 5.91 Å². The summed E-state index contributed by atoms with van der Waals surface area (Å²) in [6.45, 7) is -1.80. The van der Waals surface area contributed by atoms with E-state index in [0.29, 0.717) is 11.3 Å². The number of carbonyl (C=O) groups is 1. The number of benzene rings is 1. The number of rotatable bonds is 6. The lowest BCUT2D eigenvalue weighted by molar-refractivity contribution is -0.139. The molecule has 0 aliphatic rings. The van der Waals surface area contributed by atoms with Crippen LogP contribution in [0.1, 0.15) is 5.56 Å². The predicted octanol–water partition coefficient (Wildman–Crippen LogP) is 1.21. The van der Waals surface area contributed by atoms with Crippen molar-refractivity contribution in [2.24, 2.45) is 5.73 Å². The number of hydrogen-bond acceptors (Lipinski definition) is 4. The van der Waals surface area contributed by atoms with Gasteiger partial charge in [-0.15, -0.1) is 0 Å². The zero-order chi connectivity index (χ0) is 15.2. The number of hydrogen-bond donors (Lipinski definition) is 2. The predicted molar refractivity (Wildman–Crippen MR) is 65.4 cm³/mol. The Hall–Kier alpha value is -1.96. The molecule has 112 valence electrons. The van der Waals surface area contributed by atoms with Crippen molar-refractivity contribution in [2.75, 3.05) is 20.3 Å². The number of alkyl halides is 3. The molecule has 1 aromatic rings. The van der Waals surface area contributed by atoms with Crippen LogP contribution in [0.25, 0.3) is 0 Å². The van der Waals surface area contributed by atoms with Gasteiger partial charge in [0.1, 0.15) is 6.54 Å². The van der Waals surface area contributed by atoms with Crippen molar-refractivity contribution in [1.82, 2.24) is 5.32 Å². The van der Waals surface area contributed by atoms with Crippen molar-refractivity contribution in [2.45, 2.75) is 12.7 Å². The van der Waals surface area contributed by atoms with Crippen LogP contribution in [0.5, 0.6) is 11.5 Å². The Bertz CT molecular complexity index is 442. The van der Waals surface area contributed by atoms with Gasteiger partial charge in [-0.1, -0.05) is 12.1 Å². The van der Waals surface area contributed by atoms with Gasteiger partial charge in [-0.05, 0) is 6.07 Å². The number of carbonyl (C=O) groups excluding carboxylic acids is 1. The Morgan fingerprint density at radius 3 is 2.65 bits per heavy atom. The lowest BCUT2D eigenvalue weighted by Crippen LogP contribution is -2.36. The Morgan fingerprint density at radius 1 is 1.40 bits per heavy atom. The van der Waals surface area contributed by atoms with Crippen LogP contribution < -0.4 is 20.5 Å². The van der Waals surface area contributed by atoms with Crippen LogP contribution >= 0.6 is 0 Å². The zero-order valence-electron chi connectivity index (χ0n) is 10.8. The molecule has 0 heterocycles. The third-order valence-corrected chi connectivity index (χ3v) is 2.33. The second-order valence-electron chi connectivity index (χ2n) is 3.83. The van der Waals surface area contributed by atoms with Gasteiger partial charge >= 0.3 is 6.18 Å². The molecule has 0 saturated heterocycles. The molecule has 0 spiro atoms. The van der Waals surface area contributed by atoms with E-state index in [0.717, 1.165) is 0 Å². The minimum absolute atomic E-state index is 0.150. The van der Waals surface area contributed by atoms with E-state index in [1.807, 2.05) is 0 Å². The van der Waals surface area contributed by atoms with Crippen molar-refractivity contribution in [3.63, 3.8) is 0 Å². The Labute approximate surface area is 113 Å². The molecular formula is C12H15F3N2O3. The highest BCUT2D eigenvalue weighted by atomic mass is 19.4. The van der Waals surface area contributed by atoms with Gasteiger partial charge in [0.15, 0.2) is 18.1 Å². The zero-order valence-corrected chi connectivity index (χ0v) is 10.8. The summed E-state index contributed by atoms with van der Waals surface area (Å²) >= 11 is 0. The lowest BCUT2D eigenvalue weighted by Gasteiger charge is -2.14. The van der Waals surface area contributed by atoms with Gasteiger partial charge in [0, 0.05) is 12.1 Å². The number of nitrogens with one attached hydrogen (secondary N) is 1. The second-order valence-corrected chi connectivity index (χ2v) is 3.83. The van der Waals surface area contributed by atoms with E-state index < -0.39 is 25.2 Å². The number of nitrogens with two attached hydrogens (primary N) is 1. The SMILES string of the molecule is COc1cccc(CN)c1OCC(=O)NCC(F)(F)F. The molecule has 20 heavy (non-hydrogen) atoms. The first-order valence-electron chi connectivity index (χ1n) is 5.69. The Balaban J connectivity index is 2.63. The molecule has 0 atom stereocenters. The fourth-order valence-corrected chi connectivity index (χ4v) is 1.43. The number of amides is 1. The highest BCUT2D eigenvalue weighted by Gasteiger charge is 2.27. The van der Waals surface area contributed by atoms with Crippen molar-refractivity contribution >= 4 is 5.91 Å². The monoisotopic (exact) mass is 292 g/mol. The summed E-state index contributed by atoms with van der Waals surface area (Å²) < 4.78 is 46.0. The van der Waals surface area contributed by atoms with Gasteiger partial charge in [0.2, 0.25) is 0 Å². The Kier molecular flexibility index (Phi) is 5.63. The summed E-state index contributed by atoms with van der Waals surface area (Å²) in [5.74, 6) is -0.271. The van der Waals surface area contributed by atoms with Crippen LogP contribution in [0.4, 0.5) is 13.2 Å². The molecule has 0 radical (unpaired) electrons.